The molecule has 142 valence electrons. The maximum absolute atomic E-state index is 11.6. The molecule has 8 heteroatoms. The summed E-state index contributed by atoms with van der Waals surface area (Å²) in [5.41, 5.74) is 2.53. The Morgan fingerprint density at radius 1 is 1.37 bits per heavy atom. The highest BCUT2D eigenvalue weighted by atomic mass is 35.5. The van der Waals surface area contributed by atoms with Crippen LogP contribution >= 0.6 is 22.9 Å². The second kappa shape index (κ2) is 6.44. The first-order valence-electron chi connectivity index (χ1n) is 9.14. The number of carbonyl (C=O) groups excluding carboxylic acids is 1. The molecule has 1 amide bonds. The molecule has 0 saturated carbocycles. The maximum Gasteiger partial charge on any atom is 0.262 e. The number of aromatic nitrogens is 1. The number of rotatable bonds is 1. The molecule has 1 spiro atoms. The Morgan fingerprint density at radius 3 is 3.15 bits per heavy atom. The van der Waals surface area contributed by atoms with Crippen LogP contribution in [0.1, 0.15) is 41.9 Å². The number of ether oxygens (including phenoxy) is 2. The Hall–Kier alpha value is -1.67. The zero-order valence-corrected chi connectivity index (χ0v) is 16.5. The molecule has 0 aromatic carbocycles. The van der Waals surface area contributed by atoms with Crippen LogP contribution in [-0.2, 0) is 21.6 Å². The molecule has 0 aliphatic carbocycles. The molecular formula is C19H20ClN3O3S. The smallest absolute Gasteiger partial charge is 0.262 e. The molecule has 1 fully saturated rings. The van der Waals surface area contributed by atoms with E-state index in [9.17, 15) is 4.79 Å². The van der Waals surface area contributed by atoms with Gasteiger partial charge in [0, 0.05) is 17.3 Å². The Balaban J connectivity index is 1.50. The lowest BCUT2D eigenvalue weighted by Gasteiger charge is -2.46. The number of hydrogen-bond donors (Lipinski definition) is 2. The molecule has 3 aliphatic rings. The van der Waals surface area contributed by atoms with E-state index in [0.717, 1.165) is 29.3 Å². The van der Waals surface area contributed by atoms with Gasteiger partial charge in [-0.25, -0.2) is 0 Å². The van der Waals surface area contributed by atoms with E-state index in [-0.39, 0.29) is 30.2 Å². The van der Waals surface area contributed by atoms with Crippen molar-refractivity contribution in [2.24, 2.45) is 0 Å². The van der Waals surface area contributed by atoms with Crippen molar-refractivity contribution in [3.8, 4) is 5.75 Å². The third-order valence-electron chi connectivity index (χ3n) is 5.48. The van der Waals surface area contributed by atoms with Crippen LogP contribution < -0.4 is 15.4 Å². The van der Waals surface area contributed by atoms with Crippen molar-refractivity contribution in [3.05, 3.63) is 38.8 Å². The molecule has 2 N–H and O–H groups in total. The third-order valence-corrected chi connectivity index (χ3v) is 6.97. The van der Waals surface area contributed by atoms with Gasteiger partial charge in [-0.15, -0.1) is 11.3 Å². The fraction of sp³-hybridized carbons (Fsp3) is 0.474. The largest absolute Gasteiger partial charge is 0.480 e. The van der Waals surface area contributed by atoms with Crippen LogP contribution in [0.15, 0.2) is 18.3 Å². The minimum atomic E-state index is -0.335. The van der Waals surface area contributed by atoms with Gasteiger partial charge in [0.05, 0.1) is 34.6 Å². The molecule has 3 unspecified atom stereocenters. The molecular weight excluding hydrogens is 386 g/mol. The van der Waals surface area contributed by atoms with E-state index in [4.69, 9.17) is 21.1 Å². The Labute approximate surface area is 166 Å². The normalized spacial score (nSPS) is 29.6. The number of halogens is 1. The topological polar surface area (TPSA) is 72.5 Å². The van der Waals surface area contributed by atoms with Crippen molar-refractivity contribution in [1.29, 1.82) is 0 Å². The summed E-state index contributed by atoms with van der Waals surface area (Å²) in [7, 11) is 0. The second-order valence-electron chi connectivity index (χ2n) is 7.47. The number of nitrogens with one attached hydrogen (secondary N) is 2. The molecule has 3 atom stereocenters. The minimum absolute atomic E-state index is 0.0182. The van der Waals surface area contributed by atoms with E-state index in [1.807, 2.05) is 6.07 Å². The quantitative estimate of drug-likeness (QED) is 0.760. The number of thiophene rings is 1. The van der Waals surface area contributed by atoms with Crippen molar-refractivity contribution in [3.63, 3.8) is 0 Å². The van der Waals surface area contributed by atoms with Gasteiger partial charge < -0.3 is 20.1 Å². The summed E-state index contributed by atoms with van der Waals surface area (Å²) in [6.45, 7) is 2.91. The fourth-order valence-electron chi connectivity index (χ4n) is 4.44. The molecule has 0 bridgehead atoms. The van der Waals surface area contributed by atoms with Gasteiger partial charge in [-0.1, -0.05) is 11.6 Å². The number of amides is 1. The SMILES string of the molecule is CC1CC2(CC(c3cc4c(cn3)OCC(=O)N4)N1)OCCc1cc(Cl)sc12. The van der Waals surface area contributed by atoms with Gasteiger partial charge >= 0.3 is 0 Å². The van der Waals surface area contributed by atoms with Crippen LogP contribution in [-0.4, -0.2) is 30.1 Å². The monoisotopic (exact) mass is 405 g/mol. The number of hydrogen-bond acceptors (Lipinski definition) is 6. The number of carbonyl (C=O) groups is 1. The standard InChI is InChI=1S/C19H20ClN3O3S/c1-10-6-19(18-11(2-3-26-19)4-16(20)27-18)7-14(22-10)12-5-13-15(8-21-12)25-9-17(24)23-13/h4-5,8,10,14,22H,2-3,6-7,9H2,1H3,(H,23,24). The van der Waals surface area contributed by atoms with E-state index in [2.05, 4.69) is 28.6 Å². The maximum atomic E-state index is 11.6. The summed E-state index contributed by atoms with van der Waals surface area (Å²) in [5.74, 6) is 0.465. The van der Waals surface area contributed by atoms with Crippen molar-refractivity contribution in [2.75, 3.05) is 18.5 Å². The second-order valence-corrected chi connectivity index (χ2v) is 9.15. The lowest BCUT2D eigenvalue weighted by Crippen LogP contribution is -2.49. The fourth-order valence-corrected chi connectivity index (χ4v) is 5.91. The van der Waals surface area contributed by atoms with Gasteiger partial charge in [0.25, 0.3) is 5.91 Å². The predicted molar refractivity (Wildman–Crippen MR) is 104 cm³/mol. The average molecular weight is 406 g/mol. The molecule has 0 radical (unpaired) electrons. The zero-order chi connectivity index (χ0) is 18.6. The molecule has 5 heterocycles. The van der Waals surface area contributed by atoms with E-state index < -0.39 is 0 Å². The van der Waals surface area contributed by atoms with Gasteiger partial charge in [0.1, 0.15) is 5.60 Å². The lowest BCUT2D eigenvalue weighted by atomic mass is 9.79. The molecule has 2 aromatic rings. The van der Waals surface area contributed by atoms with Crippen LogP contribution in [0, 0.1) is 0 Å². The highest BCUT2D eigenvalue weighted by Crippen LogP contribution is 2.50. The molecule has 2 aromatic heterocycles. The van der Waals surface area contributed by atoms with E-state index in [0.29, 0.717) is 18.0 Å². The number of pyridine rings is 1. The summed E-state index contributed by atoms with van der Waals surface area (Å²) in [4.78, 5) is 17.5. The van der Waals surface area contributed by atoms with Crippen molar-refractivity contribution >= 4 is 34.5 Å². The van der Waals surface area contributed by atoms with Crippen molar-refractivity contribution in [2.45, 2.75) is 43.9 Å². The van der Waals surface area contributed by atoms with E-state index in [1.54, 1.807) is 17.5 Å². The van der Waals surface area contributed by atoms with E-state index in [1.165, 1.54) is 10.4 Å². The lowest BCUT2D eigenvalue weighted by molar-refractivity contribution is -0.118. The van der Waals surface area contributed by atoms with Crippen LogP contribution in [0.25, 0.3) is 0 Å². The molecule has 3 aliphatic heterocycles. The Morgan fingerprint density at radius 2 is 2.26 bits per heavy atom. The van der Waals surface area contributed by atoms with Gasteiger partial charge in [-0.05, 0) is 37.5 Å². The number of fused-ring (bicyclic) bond motifs is 3. The predicted octanol–water partition coefficient (Wildman–Crippen LogP) is 3.41. The van der Waals surface area contributed by atoms with Crippen LogP contribution in [0.3, 0.4) is 0 Å². The first kappa shape index (κ1) is 17.4. The molecule has 6 nitrogen and oxygen atoms in total. The summed E-state index contributed by atoms with van der Waals surface area (Å²) in [6, 6.07) is 4.27. The van der Waals surface area contributed by atoms with Crippen LogP contribution in [0.2, 0.25) is 4.34 Å². The van der Waals surface area contributed by atoms with Crippen LogP contribution in [0.5, 0.6) is 5.75 Å². The minimum Gasteiger partial charge on any atom is -0.480 e. The third kappa shape index (κ3) is 3.02. The van der Waals surface area contributed by atoms with Gasteiger partial charge in [0.15, 0.2) is 12.4 Å². The highest BCUT2D eigenvalue weighted by Gasteiger charge is 2.46. The Kier molecular flexibility index (Phi) is 4.16. The van der Waals surface area contributed by atoms with E-state index >= 15 is 0 Å². The molecule has 5 rings (SSSR count). The number of anilines is 1. The van der Waals surface area contributed by atoms with Gasteiger partial charge in [0.2, 0.25) is 0 Å². The first-order chi connectivity index (χ1) is 13.0. The van der Waals surface area contributed by atoms with Gasteiger partial charge in [-0.2, -0.15) is 0 Å². The highest BCUT2D eigenvalue weighted by molar-refractivity contribution is 7.16. The number of nitrogens with zero attached hydrogens (tertiary/aromatic N) is 1. The zero-order valence-electron chi connectivity index (χ0n) is 14.9. The Bertz CT molecular complexity index is 918. The first-order valence-corrected chi connectivity index (χ1v) is 10.3. The van der Waals surface area contributed by atoms with Crippen molar-refractivity contribution in [1.82, 2.24) is 10.3 Å². The summed E-state index contributed by atoms with van der Waals surface area (Å²) < 4.78 is 12.6. The molecule has 27 heavy (non-hydrogen) atoms. The summed E-state index contributed by atoms with van der Waals surface area (Å²) >= 11 is 7.95. The number of piperidine rings is 1. The molecule has 1 saturated heterocycles. The van der Waals surface area contributed by atoms with Crippen molar-refractivity contribution < 1.29 is 14.3 Å². The summed E-state index contributed by atoms with van der Waals surface area (Å²) in [5, 5.41) is 6.50. The average Bonchev–Trinajstić information content (AvgIpc) is 3.03. The summed E-state index contributed by atoms with van der Waals surface area (Å²) in [6.07, 6.45) is 4.28. The van der Waals surface area contributed by atoms with Gasteiger partial charge in [-0.3, -0.25) is 9.78 Å². The van der Waals surface area contributed by atoms with Crippen LogP contribution in [0.4, 0.5) is 5.69 Å².